The number of esters is 1. The molecule has 0 aliphatic rings. The van der Waals surface area contributed by atoms with E-state index in [0.717, 1.165) is 0 Å². The van der Waals surface area contributed by atoms with Gasteiger partial charge in [-0.1, -0.05) is 25.4 Å². The highest BCUT2D eigenvalue weighted by Crippen LogP contribution is 2.24. The first-order chi connectivity index (χ1) is 11.6. The Morgan fingerprint density at radius 1 is 1.20 bits per heavy atom. The van der Waals surface area contributed by atoms with Crippen LogP contribution < -0.4 is 0 Å². The Balaban J connectivity index is 3.18. The Bertz CT molecular complexity index is 745. The number of ether oxygens (including phenoxy) is 1. The van der Waals surface area contributed by atoms with Gasteiger partial charge in [0.25, 0.3) is 5.91 Å². The van der Waals surface area contributed by atoms with Crippen LogP contribution in [0.15, 0.2) is 23.1 Å². The largest absolute Gasteiger partial charge is 0.449 e. The lowest BCUT2D eigenvalue weighted by atomic mass is 10.2. The first-order valence-electron chi connectivity index (χ1n) is 7.78. The van der Waals surface area contributed by atoms with E-state index in [-0.39, 0.29) is 15.5 Å². The second-order valence-electron chi connectivity index (χ2n) is 5.51. The van der Waals surface area contributed by atoms with Gasteiger partial charge in [0.1, 0.15) is 0 Å². The minimum absolute atomic E-state index is 0.0491. The van der Waals surface area contributed by atoms with Crippen LogP contribution in [0.25, 0.3) is 0 Å². The molecule has 0 saturated heterocycles. The van der Waals surface area contributed by atoms with Crippen LogP contribution >= 0.6 is 11.6 Å². The van der Waals surface area contributed by atoms with Gasteiger partial charge in [-0.05, 0) is 25.1 Å². The maximum Gasteiger partial charge on any atom is 0.340 e. The summed E-state index contributed by atoms with van der Waals surface area (Å²) in [7, 11) is -0.663. The highest BCUT2D eigenvalue weighted by atomic mass is 35.5. The van der Waals surface area contributed by atoms with Crippen LogP contribution in [0, 0.1) is 0 Å². The molecule has 1 atom stereocenters. The van der Waals surface area contributed by atoms with Gasteiger partial charge in [-0.25, -0.2) is 13.2 Å². The number of likely N-dealkylation sites (N-methyl/N-ethyl adjacent to an activating group) is 1. The molecule has 0 radical (unpaired) electrons. The number of carbonyl (C=O) groups is 2. The molecular formula is C16H23ClN2O5S. The number of benzene rings is 1. The van der Waals surface area contributed by atoms with Crippen molar-refractivity contribution in [2.45, 2.75) is 31.8 Å². The Kier molecular flexibility index (Phi) is 7.40. The summed E-state index contributed by atoms with van der Waals surface area (Å²) < 4.78 is 31.5. The lowest BCUT2D eigenvalue weighted by Crippen LogP contribution is -2.35. The van der Waals surface area contributed by atoms with Gasteiger partial charge in [0, 0.05) is 27.2 Å². The average molecular weight is 391 g/mol. The molecular weight excluding hydrogens is 368 g/mol. The standard InChI is InChI=1S/C16H23ClN2O5S/c1-6-19(7-2)25(22,23)12-8-9-14(17)13(10-12)16(21)24-11(3)15(20)18(4)5/h8-11H,6-7H2,1-5H3/t11-/m1/s1. The van der Waals surface area contributed by atoms with E-state index in [0.29, 0.717) is 13.1 Å². The third kappa shape index (κ3) is 4.93. The van der Waals surface area contributed by atoms with Crippen LogP contribution in [-0.2, 0) is 19.6 Å². The SMILES string of the molecule is CCN(CC)S(=O)(=O)c1ccc(Cl)c(C(=O)O[C@H](C)C(=O)N(C)C)c1. The third-order valence-corrected chi connectivity index (χ3v) is 5.95. The number of rotatable bonds is 7. The number of halogens is 1. The monoisotopic (exact) mass is 390 g/mol. The number of sulfonamides is 1. The molecule has 1 aromatic rings. The molecule has 0 bridgehead atoms. The Morgan fingerprint density at radius 3 is 2.24 bits per heavy atom. The smallest absolute Gasteiger partial charge is 0.340 e. The maximum absolute atomic E-state index is 12.6. The van der Waals surface area contributed by atoms with Crippen molar-refractivity contribution >= 4 is 33.5 Å². The second kappa shape index (κ2) is 8.64. The van der Waals surface area contributed by atoms with Crippen LogP contribution in [0.4, 0.5) is 0 Å². The highest BCUT2D eigenvalue weighted by Gasteiger charge is 2.26. The Labute approximate surface area is 153 Å². The molecule has 0 fully saturated rings. The van der Waals surface area contributed by atoms with E-state index in [2.05, 4.69) is 0 Å². The average Bonchev–Trinajstić information content (AvgIpc) is 2.54. The summed E-state index contributed by atoms with van der Waals surface area (Å²) in [5.74, 6) is -1.25. The molecule has 0 spiro atoms. The molecule has 140 valence electrons. The van der Waals surface area contributed by atoms with Gasteiger partial charge in [0.05, 0.1) is 15.5 Å². The predicted molar refractivity (Wildman–Crippen MR) is 95.1 cm³/mol. The van der Waals surface area contributed by atoms with Crippen LogP contribution in [0.1, 0.15) is 31.1 Å². The van der Waals surface area contributed by atoms with Crippen molar-refractivity contribution in [2.75, 3.05) is 27.2 Å². The van der Waals surface area contributed by atoms with Crippen LogP contribution in [0.5, 0.6) is 0 Å². The summed E-state index contributed by atoms with van der Waals surface area (Å²) in [6, 6.07) is 3.83. The number of hydrogen-bond acceptors (Lipinski definition) is 5. The molecule has 9 heteroatoms. The summed E-state index contributed by atoms with van der Waals surface area (Å²) in [5.41, 5.74) is -0.103. The van der Waals surface area contributed by atoms with Crippen molar-refractivity contribution in [3.63, 3.8) is 0 Å². The molecule has 0 unspecified atom stereocenters. The lowest BCUT2D eigenvalue weighted by molar-refractivity contribution is -0.137. The van der Waals surface area contributed by atoms with Crippen molar-refractivity contribution in [1.29, 1.82) is 0 Å². The zero-order valence-electron chi connectivity index (χ0n) is 14.9. The zero-order valence-corrected chi connectivity index (χ0v) is 16.5. The Morgan fingerprint density at radius 2 is 1.76 bits per heavy atom. The minimum atomic E-state index is -3.74. The molecule has 0 N–H and O–H groups in total. The van der Waals surface area contributed by atoms with Gasteiger partial charge < -0.3 is 9.64 Å². The second-order valence-corrected chi connectivity index (χ2v) is 7.86. The van der Waals surface area contributed by atoms with Gasteiger partial charge in [-0.2, -0.15) is 4.31 Å². The normalized spacial score (nSPS) is 12.8. The highest BCUT2D eigenvalue weighted by molar-refractivity contribution is 7.89. The van der Waals surface area contributed by atoms with Crippen molar-refractivity contribution in [3.05, 3.63) is 28.8 Å². The fourth-order valence-corrected chi connectivity index (χ4v) is 3.85. The fourth-order valence-electron chi connectivity index (χ4n) is 2.17. The zero-order chi connectivity index (χ0) is 19.4. The third-order valence-electron chi connectivity index (χ3n) is 3.57. The molecule has 0 aliphatic heterocycles. The summed E-state index contributed by atoms with van der Waals surface area (Å²) >= 11 is 6.01. The van der Waals surface area contributed by atoms with Crippen molar-refractivity contribution in [3.8, 4) is 0 Å². The van der Waals surface area contributed by atoms with Crippen LogP contribution in [-0.4, -0.2) is 62.8 Å². The quantitative estimate of drug-likeness (QED) is 0.665. The van der Waals surface area contributed by atoms with E-state index in [1.54, 1.807) is 13.8 Å². The molecule has 1 amide bonds. The van der Waals surface area contributed by atoms with E-state index in [1.165, 1.54) is 48.4 Å². The molecule has 0 aromatic heterocycles. The van der Waals surface area contributed by atoms with Crippen molar-refractivity contribution in [1.82, 2.24) is 9.21 Å². The molecule has 25 heavy (non-hydrogen) atoms. The maximum atomic E-state index is 12.6. The van der Waals surface area contributed by atoms with Gasteiger partial charge >= 0.3 is 5.97 Å². The first kappa shape index (κ1) is 21.4. The molecule has 1 aromatic carbocycles. The van der Waals surface area contributed by atoms with Crippen LogP contribution in [0.2, 0.25) is 5.02 Å². The minimum Gasteiger partial charge on any atom is -0.449 e. The fraction of sp³-hybridized carbons (Fsp3) is 0.500. The van der Waals surface area contributed by atoms with Gasteiger partial charge in [-0.15, -0.1) is 0 Å². The van der Waals surface area contributed by atoms with E-state index in [1.807, 2.05) is 0 Å². The number of nitrogens with zero attached hydrogens (tertiary/aromatic N) is 2. The molecule has 0 saturated carbocycles. The summed E-state index contributed by atoms with van der Waals surface area (Å²) in [5, 5.41) is 0.0491. The van der Waals surface area contributed by atoms with E-state index >= 15 is 0 Å². The molecule has 0 aliphatic carbocycles. The molecule has 1 rings (SSSR count). The number of amides is 1. The van der Waals surface area contributed by atoms with Crippen molar-refractivity contribution < 1.29 is 22.7 Å². The predicted octanol–water partition coefficient (Wildman–Crippen LogP) is 2.00. The van der Waals surface area contributed by atoms with Gasteiger partial charge in [0.15, 0.2) is 6.10 Å². The summed E-state index contributed by atoms with van der Waals surface area (Å²) in [6.07, 6.45) is -1.01. The summed E-state index contributed by atoms with van der Waals surface area (Å²) in [6.45, 7) is 5.48. The topological polar surface area (TPSA) is 84.0 Å². The van der Waals surface area contributed by atoms with E-state index < -0.39 is 28.0 Å². The Hall–Kier alpha value is -1.64. The lowest BCUT2D eigenvalue weighted by Gasteiger charge is -2.20. The van der Waals surface area contributed by atoms with Gasteiger partial charge in [-0.3, -0.25) is 4.79 Å². The number of carbonyl (C=O) groups excluding carboxylic acids is 2. The van der Waals surface area contributed by atoms with Crippen LogP contribution in [0.3, 0.4) is 0 Å². The first-order valence-corrected chi connectivity index (χ1v) is 9.59. The molecule has 0 heterocycles. The van der Waals surface area contributed by atoms with Crippen molar-refractivity contribution in [2.24, 2.45) is 0 Å². The summed E-state index contributed by atoms with van der Waals surface area (Å²) in [4.78, 5) is 25.3. The molecule has 7 nitrogen and oxygen atoms in total. The van der Waals surface area contributed by atoms with E-state index in [4.69, 9.17) is 16.3 Å². The van der Waals surface area contributed by atoms with Gasteiger partial charge in [0.2, 0.25) is 10.0 Å². The van der Waals surface area contributed by atoms with E-state index in [9.17, 15) is 18.0 Å². The number of hydrogen-bond donors (Lipinski definition) is 0.